The van der Waals surface area contributed by atoms with Crippen LogP contribution in [0, 0.1) is 6.92 Å². The van der Waals surface area contributed by atoms with Gasteiger partial charge in [0.1, 0.15) is 0 Å². The lowest BCUT2D eigenvalue weighted by molar-refractivity contribution is 0.588. The molecule has 90 valence electrons. The quantitative estimate of drug-likeness (QED) is 0.729. The molecule has 6 nitrogen and oxygen atoms in total. The maximum atomic E-state index is 11.7. The van der Waals surface area contributed by atoms with Gasteiger partial charge in [-0.2, -0.15) is 0 Å². The predicted molar refractivity (Wildman–Crippen MR) is 58.5 cm³/mol. The molecule has 0 aliphatic heterocycles. The number of aromatic nitrogens is 2. The maximum absolute atomic E-state index is 11.7. The summed E-state index contributed by atoms with van der Waals surface area (Å²) in [5, 5.41) is -0.213. The van der Waals surface area contributed by atoms with Crippen LogP contribution in [0.4, 0.5) is 0 Å². The first-order valence-electron chi connectivity index (χ1n) is 4.15. The van der Waals surface area contributed by atoms with E-state index in [4.69, 9.17) is 10.7 Å². The second-order valence-corrected chi connectivity index (χ2v) is 7.93. The highest BCUT2D eigenvalue weighted by atomic mass is 35.7. The summed E-state index contributed by atoms with van der Waals surface area (Å²) >= 11 is 0. The van der Waals surface area contributed by atoms with Gasteiger partial charge in [0, 0.05) is 23.1 Å². The Hall–Kier alpha value is -0.730. The van der Waals surface area contributed by atoms with E-state index in [1.807, 2.05) is 0 Å². The fourth-order valence-corrected chi connectivity index (χ4v) is 4.16. The zero-order chi connectivity index (χ0) is 12.4. The van der Waals surface area contributed by atoms with Gasteiger partial charge >= 0.3 is 0 Å². The van der Waals surface area contributed by atoms with Crippen molar-refractivity contribution < 1.29 is 16.8 Å². The minimum atomic E-state index is -3.83. The summed E-state index contributed by atoms with van der Waals surface area (Å²) < 4.78 is 44.7. The number of sulfone groups is 1. The maximum Gasteiger partial charge on any atom is 0.233 e. The van der Waals surface area contributed by atoms with Crippen molar-refractivity contribution in [2.75, 3.05) is 11.5 Å². The fourth-order valence-electron chi connectivity index (χ4n) is 1.01. The van der Waals surface area contributed by atoms with Crippen LogP contribution in [0.3, 0.4) is 0 Å². The number of halogens is 1. The highest BCUT2D eigenvalue weighted by Gasteiger charge is 2.21. The lowest BCUT2D eigenvalue weighted by Gasteiger charge is -2.03. The standard InChI is InChI=1S/C7H9ClN2O4S2/c1-6-7(10-3-2-9-6)15(11,12)4-5-16(8,13)14/h2-3H,4-5H2,1H3. The second kappa shape index (κ2) is 4.64. The Labute approximate surface area is 98.0 Å². The molecule has 0 aromatic carbocycles. The summed E-state index contributed by atoms with van der Waals surface area (Å²) in [7, 11) is -2.66. The highest BCUT2D eigenvalue weighted by Crippen LogP contribution is 2.11. The molecule has 0 saturated heterocycles. The van der Waals surface area contributed by atoms with Crippen LogP contribution < -0.4 is 0 Å². The van der Waals surface area contributed by atoms with Crippen molar-refractivity contribution in [2.24, 2.45) is 0 Å². The zero-order valence-corrected chi connectivity index (χ0v) is 10.7. The van der Waals surface area contributed by atoms with Gasteiger partial charge in [0.05, 0.1) is 17.2 Å². The van der Waals surface area contributed by atoms with E-state index >= 15 is 0 Å². The number of hydrogen-bond acceptors (Lipinski definition) is 6. The Morgan fingerprint density at radius 2 is 1.69 bits per heavy atom. The van der Waals surface area contributed by atoms with Gasteiger partial charge in [-0.1, -0.05) is 0 Å². The fraction of sp³-hybridized carbons (Fsp3) is 0.429. The van der Waals surface area contributed by atoms with Gasteiger partial charge in [-0.25, -0.2) is 21.8 Å². The van der Waals surface area contributed by atoms with Gasteiger partial charge in [-0.15, -0.1) is 0 Å². The molecule has 0 atom stereocenters. The molecule has 1 heterocycles. The average molecular weight is 285 g/mol. The lowest BCUT2D eigenvalue weighted by atomic mass is 10.5. The van der Waals surface area contributed by atoms with Crippen LogP contribution >= 0.6 is 10.7 Å². The van der Waals surface area contributed by atoms with Crippen LogP contribution in [-0.4, -0.2) is 38.3 Å². The Bertz CT molecular complexity index is 582. The highest BCUT2D eigenvalue weighted by molar-refractivity contribution is 8.14. The summed E-state index contributed by atoms with van der Waals surface area (Å²) in [5.41, 5.74) is 0.231. The minimum Gasteiger partial charge on any atom is -0.257 e. The molecule has 0 fully saturated rings. The van der Waals surface area contributed by atoms with Crippen molar-refractivity contribution in [2.45, 2.75) is 11.9 Å². The van der Waals surface area contributed by atoms with Crippen molar-refractivity contribution in [3.8, 4) is 0 Å². The van der Waals surface area contributed by atoms with Crippen molar-refractivity contribution in [1.29, 1.82) is 0 Å². The summed E-state index contributed by atoms with van der Waals surface area (Å²) in [6.45, 7) is 1.48. The van der Waals surface area contributed by atoms with Crippen molar-refractivity contribution >= 4 is 29.6 Å². The van der Waals surface area contributed by atoms with E-state index in [0.717, 1.165) is 0 Å². The van der Waals surface area contributed by atoms with Crippen molar-refractivity contribution in [3.05, 3.63) is 18.1 Å². The van der Waals surface area contributed by atoms with E-state index in [2.05, 4.69) is 9.97 Å². The molecule has 1 aromatic rings. The molecule has 0 saturated carbocycles. The molecule has 0 N–H and O–H groups in total. The number of hydrogen-bond donors (Lipinski definition) is 0. The molecule has 1 aromatic heterocycles. The van der Waals surface area contributed by atoms with E-state index < -0.39 is 30.4 Å². The van der Waals surface area contributed by atoms with Crippen LogP contribution in [0.25, 0.3) is 0 Å². The third kappa shape index (κ3) is 3.69. The Morgan fingerprint density at radius 3 is 2.19 bits per heavy atom. The van der Waals surface area contributed by atoms with Gasteiger partial charge in [0.2, 0.25) is 9.05 Å². The first-order valence-corrected chi connectivity index (χ1v) is 8.28. The Balaban J connectivity index is 3.01. The molecule has 0 aliphatic carbocycles. The van der Waals surface area contributed by atoms with Crippen LogP contribution in [0.2, 0.25) is 0 Å². The first-order chi connectivity index (χ1) is 7.22. The van der Waals surface area contributed by atoms with E-state index in [1.165, 1.54) is 19.3 Å². The van der Waals surface area contributed by atoms with Crippen LogP contribution in [0.15, 0.2) is 17.4 Å². The van der Waals surface area contributed by atoms with E-state index in [9.17, 15) is 16.8 Å². The topological polar surface area (TPSA) is 94.1 Å². The molecular weight excluding hydrogens is 276 g/mol. The predicted octanol–water partition coefficient (Wildman–Crippen LogP) is 0.127. The van der Waals surface area contributed by atoms with Crippen LogP contribution in [0.5, 0.6) is 0 Å². The smallest absolute Gasteiger partial charge is 0.233 e. The molecule has 0 unspecified atom stereocenters. The molecule has 0 spiro atoms. The van der Waals surface area contributed by atoms with Crippen molar-refractivity contribution in [3.63, 3.8) is 0 Å². The SMILES string of the molecule is Cc1nccnc1S(=O)(=O)CCS(=O)(=O)Cl. The molecule has 9 heteroatoms. The summed E-state index contributed by atoms with van der Waals surface area (Å²) in [6.07, 6.45) is 2.59. The minimum absolute atomic E-state index is 0.213. The normalized spacial score (nSPS) is 12.6. The molecule has 0 amide bonds. The molecule has 16 heavy (non-hydrogen) atoms. The monoisotopic (exact) mass is 284 g/mol. The van der Waals surface area contributed by atoms with Gasteiger partial charge in [0.15, 0.2) is 14.9 Å². The molecule has 0 bridgehead atoms. The second-order valence-electron chi connectivity index (χ2n) is 3.01. The van der Waals surface area contributed by atoms with Gasteiger partial charge < -0.3 is 0 Å². The summed E-state index contributed by atoms with van der Waals surface area (Å²) in [6, 6.07) is 0. The Morgan fingerprint density at radius 1 is 1.12 bits per heavy atom. The van der Waals surface area contributed by atoms with Crippen LogP contribution in [-0.2, 0) is 18.9 Å². The molecule has 1 rings (SSSR count). The van der Waals surface area contributed by atoms with Gasteiger partial charge in [-0.05, 0) is 6.92 Å². The number of rotatable bonds is 4. The Kier molecular flexibility index (Phi) is 3.87. The number of aryl methyl sites for hydroxylation is 1. The average Bonchev–Trinajstić information content (AvgIpc) is 2.14. The van der Waals surface area contributed by atoms with Gasteiger partial charge in [0.25, 0.3) is 0 Å². The largest absolute Gasteiger partial charge is 0.257 e. The summed E-state index contributed by atoms with van der Waals surface area (Å²) in [4.78, 5) is 7.43. The van der Waals surface area contributed by atoms with Gasteiger partial charge in [-0.3, -0.25) is 4.98 Å². The van der Waals surface area contributed by atoms with E-state index in [1.54, 1.807) is 0 Å². The molecule has 0 radical (unpaired) electrons. The molecular formula is C7H9ClN2O4S2. The molecule has 0 aliphatic rings. The van der Waals surface area contributed by atoms with E-state index in [0.29, 0.717) is 0 Å². The first kappa shape index (κ1) is 13.3. The van der Waals surface area contributed by atoms with Crippen molar-refractivity contribution in [1.82, 2.24) is 9.97 Å². The third-order valence-electron chi connectivity index (χ3n) is 1.73. The van der Waals surface area contributed by atoms with Crippen LogP contribution in [0.1, 0.15) is 5.69 Å². The third-order valence-corrected chi connectivity index (χ3v) is 4.87. The van der Waals surface area contributed by atoms with E-state index in [-0.39, 0.29) is 10.7 Å². The number of nitrogens with zero attached hydrogens (tertiary/aromatic N) is 2. The lowest BCUT2D eigenvalue weighted by Crippen LogP contribution is -2.16. The summed E-state index contributed by atoms with van der Waals surface area (Å²) in [5.74, 6) is -1.24. The zero-order valence-electron chi connectivity index (χ0n) is 8.29.